The van der Waals surface area contributed by atoms with Crippen LogP contribution in [0.1, 0.15) is 47.9 Å². The van der Waals surface area contributed by atoms with Crippen LogP contribution in [0.5, 0.6) is 5.75 Å². The highest BCUT2D eigenvalue weighted by Gasteiger charge is 2.27. The van der Waals surface area contributed by atoms with Gasteiger partial charge in [-0.05, 0) is 59.6 Å². The first kappa shape index (κ1) is 32.5. The summed E-state index contributed by atoms with van der Waals surface area (Å²) in [6, 6.07) is 36.7. The zero-order valence-corrected chi connectivity index (χ0v) is 26.3. The van der Waals surface area contributed by atoms with E-state index in [1.54, 1.807) is 0 Å². The van der Waals surface area contributed by atoms with Crippen LogP contribution < -0.4 is 15.4 Å². The van der Waals surface area contributed by atoms with Crippen molar-refractivity contribution >= 4 is 17.7 Å². The monoisotopic (exact) mass is 617 g/mol. The number of likely N-dealkylation sites (tertiary alicyclic amines) is 1. The van der Waals surface area contributed by atoms with Gasteiger partial charge < -0.3 is 20.3 Å². The summed E-state index contributed by atoms with van der Waals surface area (Å²) < 4.78 is 5.92. The Morgan fingerprint density at radius 2 is 1.30 bits per heavy atom. The van der Waals surface area contributed by atoms with Crippen LogP contribution in [-0.2, 0) is 40.4 Å². The number of rotatable bonds is 14. The van der Waals surface area contributed by atoms with Crippen molar-refractivity contribution in [1.82, 2.24) is 15.5 Å². The number of carbonyl (C=O) groups is 3. The van der Waals surface area contributed by atoms with Gasteiger partial charge in [-0.15, -0.1) is 0 Å². The van der Waals surface area contributed by atoms with E-state index in [0.29, 0.717) is 45.5 Å². The fourth-order valence-corrected chi connectivity index (χ4v) is 5.77. The largest absolute Gasteiger partial charge is 0.489 e. The Morgan fingerprint density at radius 1 is 0.717 bits per heavy atom. The average Bonchev–Trinajstić information content (AvgIpc) is 3.10. The summed E-state index contributed by atoms with van der Waals surface area (Å²) in [5, 5.41) is 6.02. The topological polar surface area (TPSA) is 87.7 Å². The van der Waals surface area contributed by atoms with Gasteiger partial charge in [0.25, 0.3) is 0 Å². The standard InChI is InChI=1S/C39H43N3O4/c43-37(27-32-22-24-42(25-23-32)38(44)21-18-30-10-4-1-5-11-30)41-36(39(45)40-28-33-12-6-2-7-13-33)26-31-16-19-35(20-17-31)46-29-34-14-8-3-9-15-34/h1-17,19-20,32,36H,18,21-29H2,(H,40,45)(H,41,43)/t36-/m0/s1. The Morgan fingerprint density at radius 3 is 1.93 bits per heavy atom. The molecule has 1 aliphatic heterocycles. The van der Waals surface area contributed by atoms with Gasteiger partial charge in [0.2, 0.25) is 17.7 Å². The maximum absolute atomic E-state index is 13.4. The summed E-state index contributed by atoms with van der Waals surface area (Å²) >= 11 is 0. The summed E-state index contributed by atoms with van der Waals surface area (Å²) in [6.07, 6.45) is 3.48. The molecule has 0 aromatic heterocycles. The summed E-state index contributed by atoms with van der Waals surface area (Å²) in [6.45, 7) is 2.17. The van der Waals surface area contributed by atoms with Crippen LogP contribution in [0.4, 0.5) is 0 Å². The Kier molecular flexibility index (Phi) is 12.0. The van der Waals surface area contributed by atoms with Gasteiger partial charge in [0.15, 0.2) is 0 Å². The average molecular weight is 618 g/mol. The summed E-state index contributed by atoms with van der Waals surface area (Å²) in [4.78, 5) is 41.3. The summed E-state index contributed by atoms with van der Waals surface area (Å²) in [5.41, 5.74) is 4.17. The maximum Gasteiger partial charge on any atom is 0.243 e. The number of ether oxygens (including phenoxy) is 1. The third kappa shape index (κ3) is 10.3. The number of nitrogens with one attached hydrogen (secondary N) is 2. The van der Waals surface area contributed by atoms with E-state index >= 15 is 0 Å². The van der Waals surface area contributed by atoms with Crippen LogP contribution >= 0.6 is 0 Å². The zero-order valence-electron chi connectivity index (χ0n) is 26.3. The van der Waals surface area contributed by atoms with E-state index in [9.17, 15) is 14.4 Å². The van der Waals surface area contributed by atoms with Crippen LogP contribution in [0.15, 0.2) is 115 Å². The van der Waals surface area contributed by atoms with Crippen LogP contribution in [0.3, 0.4) is 0 Å². The lowest BCUT2D eigenvalue weighted by Crippen LogP contribution is -2.48. The minimum absolute atomic E-state index is 0.142. The van der Waals surface area contributed by atoms with Crippen molar-refractivity contribution in [3.8, 4) is 5.75 Å². The Labute approximate surface area is 272 Å². The van der Waals surface area contributed by atoms with E-state index in [1.165, 1.54) is 0 Å². The molecule has 0 bridgehead atoms. The molecule has 1 aliphatic rings. The van der Waals surface area contributed by atoms with Crippen molar-refractivity contribution < 1.29 is 19.1 Å². The molecule has 46 heavy (non-hydrogen) atoms. The second-order valence-electron chi connectivity index (χ2n) is 12.0. The number of carbonyl (C=O) groups excluding carboxylic acids is 3. The summed E-state index contributed by atoms with van der Waals surface area (Å²) in [7, 11) is 0. The van der Waals surface area contributed by atoms with Crippen LogP contribution in [0.2, 0.25) is 0 Å². The van der Waals surface area contributed by atoms with Crippen LogP contribution in [0, 0.1) is 5.92 Å². The minimum Gasteiger partial charge on any atom is -0.489 e. The molecule has 0 unspecified atom stereocenters. The Hall–Kier alpha value is -4.91. The molecule has 238 valence electrons. The molecule has 0 spiro atoms. The number of aryl methyl sites for hydroxylation is 1. The number of amides is 3. The molecule has 5 rings (SSSR count). The fourth-order valence-electron chi connectivity index (χ4n) is 5.77. The normalized spacial score (nSPS) is 13.9. The van der Waals surface area contributed by atoms with Gasteiger partial charge in [0, 0.05) is 38.9 Å². The number of piperidine rings is 1. The second-order valence-corrected chi connectivity index (χ2v) is 12.0. The molecule has 1 fully saturated rings. The first-order valence-corrected chi connectivity index (χ1v) is 16.2. The van der Waals surface area contributed by atoms with Crippen LogP contribution in [-0.4, -0.2) is 41.8 Å². The fraction of sp³-hybridized carbons (Fsp3) is 0.308. The highest BCUT2D eigenvalue weighted by Crippen LogP contribution is 2.22. The van der Waals surface area contributed by atoms with E-state index in [0.717, 1.165) is 47.3 Å². The number of hydrogen-bond donors (Lipinski definition) is 2. The van der Waals surface area contributed by atoms with Crippen molar-refractivity contribution in [1.29, 1.82) is 0 Å². The molecule has 4 aromatic carbocycles. The zero-order chi connectivity index (χ0) is 32.0. The molecular formula is C39H43N3O4. The number of nitrogens with zero attached hydrogens (tertiary/aromatic N) is 1. The highest BCUT2D eigenvalue weighted by atomic mass is 16.5. The number of benzene rings is 4. The van der Waals surface area contributed by atoms with Gasteiger partial charge in [-0.3, -0.25) is 14.4 Å². The van der Waals surface area contributed by atoms with Gasteiger partial charge in [-0.2, -0.15) is 0 Å². The van der Waals surface area contributed by atoms with Gasteiger partial charge in [0.05, 0.1) is 0 Å². The van der Waals surface area contributed by atoms with Gasteiger partial charge in [-0.25, -0.2) is 0 Å². The molecule has 4 aromatic rings. The maximum atomic E-state index is 13.4. The second kappa shape index (κ2) is 17.0. The van der Waals surface area contributed by atoms with E-state index in [1.807, 2.05) is 120 Å². The molecule has 0 aliphatic carbocycles. The molecule has 3 amide bonds. The molecule has 0 radical (unpaired) electrons. The van der Waals surface area contributed by atoms with Crippen molar-refractivity contribution in [2.75, 3.05) is 13.1 Å². The quantitative estimate of drug-likeness (QED) is 0.185. The highest BCUT2D eigenvalue weighted by molar-refractivity contribution is 5.88. The third-order valence-electron chi connectivity index (χ3n) is 8.48. The van der Waals surface area contributed by atoms with E-state index in [4.69, 9.17) is 4.74 Å². The predicted octanol–water partition coefficient (Wildman–Crippen LogP) is 5.87. The Bertz CT molecular complexity index is 1520. The first-order chi connectivity index (χ1) is 22.5. The molecule has 7 heteroatoms. The predicted molar refractivity (Wildman–Crippen MR) is 180 cm³/mol. The van der Waals surface area contributed by atoms with Crippen LogP contribution in [0.25, 0.3) is 0 Å². The SMILES string of the molecule is O=C(CC1CCN(C(=O)CCc2ccccc2)CC1)N[C@@H](Cc1ccc(OCc2ccccc2)cc1)C(=O)NCc1ccccc1. The molecule has 1 heterocycles. The number of hydrogen-bond acceptors (Lipinski definition) is 4. The van der Waals surface area contributed by atoms with Crippen molar-refractivity contribution in [2.24, 2.45) is 5.92 Å². The van der Waals surface area contributed by atoms with E-state index < -0.39 is 6.04 Å². The molecule has 0 saturated carbocycles. The lowest BCUT2D eigenvalue weighted by Gasteiger charge is -2.32. The van der Waals surface area contributed by atoms with Crippen molar-refractivity contribution in [3.05, 3.63) is 138 Å². The van der Waals surface area contributed by atoms with E-state index in [-0.39, 0.29) is 23.6 Å². The van der Waals surface area contributed by atoms with Gasteiger partial charge in [-0.1, -0.05) is 103 Å². The van der Waals surface area contributed by atoms with Crippen molar-refractivity contribution in [3.63, 3.8) is 0 Å². The Balaban J connectivity index is 1.13. The molecule has 1 saturated heterocycles. The van der Waals surface area contributed by atoms with Gasteiger partial charge in [0.1, 0.15) is 18.4 Å². The van der Waals surface area contributed by atoms with E-state index in [2.05, 4.69) is 10.6 Å². The molecule has 2 N–H and O–H groups in total. The van der Waals surface area contributed by atoms with Gasteiger partial charge >= 0.3 is 0 Å². The third-order valence-corrected chi connectivity index (χ3v) is 8.48. The molecule has 1 atom stereocenters. The summed E-state index contributed by atoms with van der Waals surface area (Å²) in [5.74, 6) is 0.717. The lowest BCUT2D eigenvalue weighted by molar-refractivity contribution is -0.133. The smallest absolute Gasteiger partial charge is 0.243 e. The molecule has 7 nitrogen and oxygen atoms in total. The molecular weight excluding hydrogens is 574 g/mol. The lowest BCUT2D eigenvalue weighted by atomic mass is 9.92. The first-order valence-electron chi connectivity index (χ1n) is 16.2. The minimum atomic E-state index is -0.716. The van der Waals surface area contributed by atoms with Crippen molar-refractivity contribution in [2.45, 2.75) is 57.7 Å².